The Bertz CT molecular complexity index is 565. The second-order valence-electron chi connectivity index (χ2n) is 5.15. The Morgan fingerprint density at radius 1 is 1.38 bits per heavy atom. The van der Waals surface area contributed by atoms with Gasteiger partial charge in [-0.2, -0.15) is 5.10 Å². The highest BCUT2D eigenvalue weighted by Crippen LogP contribution is 2.09. The van der Waals surface area contributed by atoms with E-state index in [1.807, 2.05) is 36.5 Å². The number of nitrogens with two attached hydrogens (primary N) is 1. The molecule has 5 nitrogen and oxygen atoms in total. The van der Waals surface area contributed by atoms with Crippen LogP contribution in [0.25, 0.3) is 0 Å². The summed E-state index contributed by atoms with van der Waals surface area (Å²) in [6.45, 7) is 2.76. The van der Waals surface area contributed by atoms with Gasteiger partial charge < -0.3 is 11.1 Å². The van der Waals surface area contributed by atoms with Crippen molar-refractivity contribution in [3.63, 3.8) is 0 Å². The molecule has 2 rings (SSSR count). The van der Waals surface area contributed by atoms with Gasteiger partial charge >= 0.3 is 0 Å². The number of nitrogens with one attached hydrogen (secondary N) is 1. The van der Waals surface area contributed by atoms with Crippen LogP contribution < -0.4 is 11.1 Å². The molecule has 0 bridgehead atoms. The van der Waals surface area contributed by atoms with E-state index in [1.165, 1.54) is 0 Å². The first-order valence-electron chi connectivity index (χ1n) is 7.32. The molecule has 1 amide bonds. The molecular weight excluding hydrogens is 264 g/mol. The number of carbonyl (C=O) groups is 1. The largest absolute Gasteiger partial charge is 0.322 e. The molecule has 1 aromatic heterocycles. The van der Waals surface area contributed by atoms with Gasteiger partial charge in [-0.15, -0.1) is 0 Å². The standard InChI is InChI=1S/C16H22N4O/c1-2-3-9-15(17)16(21)19-14-10-18-20(12-14)11-13-7-5-4-6-8-13/h4-8,10,12,15H,2-3,9,11,17H2,1H3,(H,19,21). The van der Waals surface area contributed by atoms with Crippen LogP contribution in [0.15, 0.2) is 42.7 Å². The highest BCUT2D eigenvalue weighted by Gasteiger charge is 2.13. The minimum atomic E-state index is -0.456. The Balaban J connectivity index is 1.89. The number of carbonyl (C=O) groups excluding carboxylic acids is 1. The van der Waals surface area contributed by atoms with Crippen molar-refractivity contribution in [3.05, 3.63) is 48.3 Å². The summed E-state index contributed by atoms with van der Waals surface area (Å²) >= 11 is 0. The number of anilines is 1. The topological polar surface area (TPSA) is 72.9 Å². The number of benzene rings is 1. The molecule has 0 fully saturated rings. The van der Waals surface area contributed by atoms with Crippen molar-refractivity contribution >= 4 is 11.6 Å². The maximum absolute atomic E-state index is 11.9. The Kier molecular flexibility index (Phi) is 5.51. The van der Waals surface area contributed by atoms with Crippen LogP contribution >= 0.6 is 0 Å². The predicted molar refractivity (Wildman–Crippen MR) is 83.9 cm³/mol. The molecule has 21 heavy (non-hydrogen) atoms. The second kappa shape index (κ2) is 7.59. The zero-order chi connectivity index (χ0) is 15.1. The molecule has 1 heterocycles. The molecule has 0 saturated carbocycles. The molecule has 1 atom stereocenters. The SMILES string of the molecule is CCCCC(N)C(=O)Nc1cnn(Cc2ccccc2)c1. The summed E-state index contributed by atoms with van der Waals surface area (Å²) in [5, 5.41) is 7.06. The maximum atomic E-state index is 11.9. The Morgan fingerprint density at radius 2 is 2.14 bits per heavy atom. The number of nitrogens with zero attached hydrogens (tertiary/aromatic N) is 2. The summed E-state index contributed by atoms with van der Waals surface area (Å²) in [5.41, 5.74) is 7.69. The normalized spacial score (nSPS) is 12.1. The van der Waals surface area contributed by atoms with Gasteiger partial charge in [0.05, 0.1) is 24.5 Å². The molecule has 0 spiro atoms. The fraction of sp³-hybridized carbons (Fsp3) is 0.375. The lowest BCUT2D eigenvalue weighted by Gasteiger charge is -2.10. The van der Waals surface area contributed by atoms with E-state index in [0.29, 0.717) is 18.7 Å². The zero-order valence-electron chi connectivity index (χ0n) is 12.3. The van der Waals surface area contributed by atoms with Crippen LogP contribution in [0.1, 0.15) is 31.7 Å². The van der Waals surface area contributed by atoms with E-state index in [1.54, 1.807) is 10.9 Å². The molecule has 1 unspecified atom stereocenters. The molecule has 0 aliphatic rings. The summed E-state index contributed by atoms with van der Waals surface area (Å²) in [6.07, 6.45) is 6.17. The summed E-state index contributed by atoms with van der Waals surface area (Å²) in [7, 11) is 0. The summed E-state index contributed by atoms with van der Waals surface area (Å²) in [4.78, 5) is 11.9. The van der Waals surface area contributed by atoms with Gasteiger partial charge in [0.1, 0.15) is 0 Å². The first-order valence-corrected chi connectivity index (χ1v) is 7.32. The number of amides is 1. The van der Waals surface area contributed by atoms with Gasteiger partial charge in [0.25, 0.3) is 0 Å². The van der Waals surface area contributed by atoms with Gasteiger partial charge in [-0.1, -0.05) is 50.1 Å². The van der Waals surface area contributed by atoms with Crippen molar-refractivity contribution in [2.24, 2.45) is 5.73 Å². The molecule has 112 valence electrons. The molecule has 0 saturated heterocycles. The van der Waals surface area contributed by atoms with Crippen LogP contribution in [0, 0.1) is 0 Å². The minimum Gasteiger partial charge on any atom is -0.322 e. The van der Waals surface area contributed by atoms with Gasteiger partial charge in [0.2, 0.25) is 5.91 Å². The third-order valence-electron chi connectivity index (χ3n) is 3.29. The Hall–Kier alpha value is -2.14. The molecule has 0 radical (unpaired) electrons. The fourth-order valence-corrected chi connectivity index (χ4v) is 2.08. The lowest BCUT2D eigenvalue weighted by atomic mass is 10.1. The molecule has 2 aromatic rings. The van der Waals surface area contributed by atoms with Crippen molar-refractivity contribution in [1.29, 1.82) is 0 Å². The van der Waals surface area contributed by atoms with E-state index in [0.717, 1.165) is 18.4 Å². The first kappa shape index (κ1) is 15.3. The molecule has 3 N–H and O–H groups in total. The van der Waals surface area contributed by atoms with Gasteiger partial charge in [-0.3, -0.25) is 9.48 Å². The van der Waals surface area contributed by atoms with E-state index in [-0.39, 0.29) is 5.91 Å². The zero-order valence-corrected chi connectivity index (χ0v) is 12.3. The van der Waals surface area contributed by atoms with Gasteiger partial charge in [-0.05, 0) is 12.0 Å². The van der Waals surface area contributed by atoms with E-state index >= 15 is 0 Å². The van der Waals surface area contributed by atoms with E-state index in [2.05, 4.69) is 17.3 Å². The average Bonchev–Trinajstić information content (AvgIpc) is 2.92. The lowest BCUT2D eigenvalue weighted by molar-refractivity contribution is -0.117. The average molecular weight is 286 g/mol. The third kappa shape index (κ3) is 4.72. The quantitative estimate of drug-likeness (QED) is 0.820. The Labute approximate surface area is 125 Å². The van der Waals surface area contributed by atoms with Gasteiger partial charge in [0.15, 0.2) is 0 Å². The highest BCUT2D eigenvalue weighted by molar-refractivity contribution is 5.94. The van der Waals surface area contributed by atoms with Crippen LogP contribution in [0.3, 0.4) is 0 Å². The molecule has 0 aliphatic carbocycles. The van der Waals surface area contributed by atoms with Crippen molar-refractivity contribution in [2.75, 3.05) is 5.32 Å². The lowest BCUT2D eigenvalue weighted by Crippen LogP contribution is -2.35. The number of aromatic nitrogens is 2. The summed E-state index contributed by atoms with van der Waals surface area (Å²) in [6, 6.07) is 9.60. The second-order valence-corrected chi connectivity index (χ2v) is 5.15. The minimum absolute atomic E-state index is 0.150. The van der Waals surface area contributed by atoms with Gasteiger partial charge in [-0.25, -0.2) is 0 Å². The smallest absolute Gasteiger partial charge is 0.241 e. The van der Waals surface area contributed by atoms with Crippen molar-refractivity contribution in [1.82, 2.24) is 9.78 Å². The van der Waals surface area contributed by atoms with Crippen LogP contribution in [-0.2, 0) is 11.3 Å². The van der Waals surface area contributed by atoms with Crippen LogP contribution in [-0.4, -0.2) is 21.7 Å². The summed E-state index contributed by atoms with van der Waals surface area (Å²) in [5.74, 6) is -0.150. The van der Waals surface area contributed by atoms with E-state index < -0.39 is 6.04 Å². The number of unbranched alkanes of at least 4 members (excludes halogenated alkanes) is 1. The molecule has 5 heteroatoms. The van der Waals surface area contributed by atoms with E-state index in [4.69, 9.17) is 5.73 Å². The van der Waals surface area contributed by atoms with Crippen molar-refractivity contribution in [2.45, 2.75) is 38.8 Å². The van der Waals surface area contributed by atoms with Crippen LogP contribution in [0.5, 0.6) is 0 Å². The highest BCUT2D eigenvalue weighted by atomic mass is 16.2. The van der Waals surface area contributed by atoms with Crippen molar-refractivity contribution in [3.8, 4) is 0 Å². The number of hydrogen-bond donors (Lipinski definition) is 2. The van der Waals surface area contributed by atoms with Crippen molar-refractivity contribution < 1.29 is 4.79 Å². The fourth-order valence-electron chi connectivity index (χ4n) is 2.08. The maximum Gasteiger partial charge on any atom is 0.241 e. The monoisotopic (exact) mass is 286 g/mol. The third-order valence-corrected chi connectivity index (χ3v) is 3.29. The number of hydrogen-bond acceptors (Lipinski definition) is 3. The molecule has 0 aliphatic heterocycles. The van der Waals surface area contributed by atoms with Crippen LogP contribution in [0.2, 0.25) is 0 Å². The molecule has 1 aromatic carbocycles. The Morgan fingerprint density at radius 3 is 2.86 bits per heavy atom. The first-order chi connectivity index (χ1) is 10.2. The predicted octanol–water partition coefficient (Wildman–Crippen LogP) is 2.39. The number of rotatable bonds is 7. The van der Waals surface area contributed by atoms with Crippen LogP contribution in [0.4, 0.5) is 5.69 Å². The summed E-state index contributed by atoms with van der Waals surface area (Å²) < 4.78 is 1.79. The van der Waals surface area contributed by atoms with Gasteiger partial charge in [0, 0.05) is 6.20 Å². The molecular formula is C16H22N4O. The van der Waals surface area contributed by atoms with E-state index in [9.17, 15) is 4.79 Å².